The third-order valence-electron chi connectivity index (χ3n) is 6.51. The first-order valence-corrected chi connectivity index (χ1v) is 13.0. The topological polar surface area (TPSA) is 127 Å². The fourth-order valence-corrected chi connectivity index (χ4v) is 4.79. The maximum atomic E-state index is 13.2. The van der Waals surface area contributed by atoms with Crippen LogP contribution in [0.2, 0.25) is 5.02 Å². The molecule has 202 valence electrons. The van der Waals surface area contributed by atoms with E-state index in [4.69, 9.17) is 11.6 Å². The normalized spacial score (nSPS) is 11.4. The summed E-state index contributed by atoms with van der Waals surface area (Å²) < 4.78 is 3.02. The van der Waals surface area contributed by atoms with Crippen molar-refractivity contribution in [3.8, 4) is 17.4 Å². The quantitative estimate of drug-likeness (QED) is 0.229. The van der Waals surface area contributed by atoms with Gasteiger partial charge in [0.1, 0.15) is 12.2 Å². The first-order valence-electron chi connectivity index (χ1n) is 12.7. The lowest BCUT2D eigenvalue weighted by atomic mass is 10.2. The van der Waals surface area contributed by atoms with E-state index in [2.05, 4.69) is 25.5 Å². The molecule has 0 radical (unpaired) electrons. The van der Waals surface area contributed by atoms with Crippen molar-refractivity contribution in [3.05, 3.63) is 108 Å². The van der Waals surface area contributed by atoms with Gasteiger partial charge in [0.2, 0.25) is 5.88 Å². The molecule has 2 amide bonds. The summed E-state index contributed by atoms with van der Waals surface area (Å²) in [5.74, 6) is -0.518. The molecule has 3 aromatic heterocycles. The molecule has 41 heavy (non-hydrogen) atoms. The zero-order chi connectivity index (χ0) is 28.3. The van der Waals surface area contributed by atoms with E-state index in [1.807, 2.05) is 36.4 Å². The Morgan fingerprint density at radius 1 is 0.902 bits per heavy atom. The van der Waals surface area contributed by atoms with E-state index >= 15 is 0 Å². The van der Waals surface area contributed by atoms with Crippen LogP contribution in [0.4, 0.5) is 10.5 Å². The highest BCUT2D eigenvalue weighted by Gasteiger charge is 2.20. The van der Waals surface area contributed by atoms with E-state index in [1.165, 1.54) is 4.57 Å². The lowest BCUT2D eigenvalue weighted by Crippen LogP contribution is -2.32. The molecule has 0 spiro atoms. The third-order valence-corrected chi connectivity index (χ3v) is 6.88. The lowest BCUT2D eigenvalue weighted by Gasteiger charge is -2.08. The molecule has 6 rings (SSSR count). The number of hydrogen-bond donors (Lipinski definition) is 2. The number of carbonyl (C=O) groups excluding carboxylic acids is 2. The number of imidazole rings is 1. The number of halogens is 1. The largest absolute Gasteiger partial charge is 0.493 e. The number of amides is 2. The minimum Gasteiger partial charge on any atom is -0.493 e. The Kier molecular flexibility index (Phi) is 6.97. The summed E-state index contributed by atoms with van der Waals surface area (Å²) in [5, 5.41) is 22.6. The van der Waals surface area contributed by atoms with Gasteiger partial charge >= 0.3 is 6.03 Å². The van der Waals surface area contributed by atoms with Gasteiger partial charge in [-0.1, -0.05) is 66.2 Å². The number of aromatic nitrogens is 4. The Labute approximate surface area is 238 Å². The molecule has 0 atom stereocenters. The Hall–Kier alpha value is -5.35. The average molecular weight is 564 g/mol. The van der Waals surface area contributed by atoms with Crippen LogP contribution in [0.3, 0.4) is 0 Å². The lowest BCUT2D eigenvalue weighted by molar-refractivity contribution is -0.117. The van der Waals surface area contributed by atoms with Crippen LogP contribution in [-0.2, 0) is 11.3 Å². The van der Waals surface area contributed by atoms with E-state index in [0.29, 0.717) is 45.0 Å². The van der Waals surface area contributed by atoms with Crippen LogP contribution in [0.1, 0.15) is 5.56 Å². The molecule has 0 aliphatic carbocycles. The van der Waals surface area contributed by atoms with Crippen molar-refractivity contribution in [3.63, 3.8) is 0 Å². The molecule has 0 unspecified atom stereocenters. The van der Waals surface area contributed by atoms with Gasteiger partial charge in [-0.2, -0.15) is 0 Å². The smallest absolute Gasteiger partial charge is 0.328 e. The summed E-state index contributed by atoms with van der Waals surface area (Å²) in [7, 11) is 0. The number of nitrogens with one attached hydrogen (secondary N) is 1. The van der Waals surface area contributed by atoms with Crippen LogP contribution in [0.25, 0.3) is 33.5 Å². The van der Waals surface area contributed by atoms with E-state index in [-0.39, 0.29) is 11.6 Å². The molecule has 0 aliphatic rings. The van der Waals surface area contributed by atoms with Crippen LogP contribution >= 0.6 is 11.6 Å². The van der Waals surface area contributed by atoms with E-state index in [9.17, 15) is 14.7 Å². The van der Waals surface area contributed by atoms with Crippen molar-refractivity contribution in [2.24, 2.45) is 10.2 Å². The molecule has 10 nitrogen and oxygen atoms in total. The molecule has 0 bridgehead atoms. The molecule has 3 aromatic carbocycles. The minimum absolute atomic E-state index is 0.144. The standard InChI is InChI=1S/C30H22ClN7O3/c31-21-11-3-1-9-19(21)18-37-24-14-5-2-10-20(24)27(29(37)40)36-35-26(39)17-33-30(41)38-25-15-6-4-12-22(25)34-28(38)23-13-7-8-16-32-23/h1-16,40H,17-18H2,(H,33,41). The second-order valence-electron chi connectivity index (χ2n) is 9.09. The number of nitrogens with zero attached hydrogens (tertiary/aromatic N) is 6. The highest BCUT2D eigenvalue weighted by molar-refractivity contribution is 6.31. The number of rotatable bonds is 6. The van der Waals surface area contributed by atoms with Crippen LogP contribution in [0.5, 0.6) is 5.88 Å². The Morgan fingerprint density at radius 3 is 2.44 bits per heavy atom. The summed E-state index contributed by atoms with van der Waals surface area (Å²) in [6, 6.07) is 26.5. The van der Waals surface area contributed by atoms with Crippen LogP contribution in [-0.4, -0.2) is 42.7 Å². The highest BCUT2D eigenvalue weighted by atomic mass is 35.5. The number of fused-ring (bicyclic) bond motifs is 2. The maximum Gasteiger partial charge on any atom is 0.328 e. The number of carbonyl (C=O) groups is 2. The number of hydrogen-bond acceptors (Lipinski definition) is 6. The average Bonchev–Trinajstić information content (AvgIpc) is 3.52. The first kappa shape index (κ1) is 25.9. The first-order chi connectivity index (χ1) is 20.0. The SMILES string of the molecule is O=C(CNC(=O)n1c(-c2ccccn2)nc2ccccc21)N=Nc1c(O)n(Cc2ccccc2Cl)c2ccccc12. The Morgan fingerprint density at radius 2 is 1.63 bits per heavy atom. The molecule has 0 aliphatic heterocycles. The summed E-state index contributed by atoms with van der Waals surface area (Å²) in [6.07, 6.45) is 1.61. The van der Waals surface area contributed by atoms with Gasteiger partial charge in [0.05, 0.1) is 23.1 Å². The van der Waals surface area contributed by atoms with Crippen LogP contribution in [0, 0.1) is 0 Å². The second kappa shape index (κ2) is 11.0. The van der Waals surface area contributed by atoms with Gasteiger partial charge in [0.25, 0.3) is 5.91 Å². The van der Waals surface area contributed by atoms with Crippen molar-refractivity contribution in [2.45, 2.75) is 6.54 Å². The Bertz CT molecular complexity index is 1950. The van der Waals surface area contributed by atoms with Gasteiger partial charge in [-0.3, -0.25) is 9.78 Å². The molecule has 11 heteroatoms. The van der Waals surface area contributed by atoms with Gasteiger partial charge in [-0.15, -0.1) is 10.2 Å². The summed E-state index contributed by atoms with van der Waals surface area (Å²) >= 11 is 6.34. The zero-order valence-electron chi connectivity index (χ0n) is 21.5. The van der Waals surface area contributed by atoms with Gasteiger partial charge in [0, 0.05) is 16.6 Å². The fraction of sp³-hybridized carbons (Fsp3) is 0.0667. The van der Waals surface area contributed by atoms with Crippen LogP contribution < -0.4 is 5.32 Å². The predicted octanol–water partition coefficient (Wildman–Crippen LogP) is 6.33. The van der Waals surface area contributed by atoms with Crippen molar-refractivity contribution in [1.29, 1.82) is 0 Å². The number of aromatic hydroxyl groups is 1. The third kappa shape index (κ3) is 5.04. The second-order valence-corrected chi connectivity index (χ2v) is 9.50. The van der Waals surface area contributed by atoms with Crippen molar-refractivity contribution >= 4 is 51.2 Å². The van der Waals surface area contributed by atoms with E-state index < -0.39 is 18.5 Å². The molecular weight excluding hydrogens is 542 g/mol. The molecule has 2 N–H and O–H groups in total. The number of para-hydroxylation sites is 3. The van der Waals surface area contributed by atoms with E-state index in [0.717, 1.165) is 5.56 Å². The number of azo groups is 1. The molecule has 0 saturated heterocycles. The van der Waals surface area contributed by atoms with Crippen molar-refractivity contribution in [2.75, 3.05) is 6.54 Å². The van der Waals surface area contributed by atoms with Gasteiger partial charge in [0.15, 0.2) is 11.5 Å². The molecular formula is C30H22ClN7O3. The maximum absolute atomic E-state index is 13.2. The summed E-state index contributed by atoms with van der Waals surface area (Å²) in [5.41, 5.74) is 3.34. The summed E-state index contributed by atoms with van der Waals surface area (Å²) in [4.78, 5) is 34.8. The van der Waals surface area contributed by atoms with Gasteiger partial charge in [-0.05, 0) is 42.0 Å². The zero-order valence-corrected chi connectivity index (χ0v) is 22.2. The van der Waals surface area contributed by atoms with E-state index in [1.54, 1.807) is 65.4 Å². The minimum atomic E-state index is -0.704. The monoisotopic (exact) mass is 563 g/mol. The molecule has 3 heterocycles. The van der Waals surface area contributed by atoms with Gasteiger partial charge < -0.3 is 15.0 Å². The molecule has 0 fully saturated rings. The fourth-order valence-electron chi connectivity index (χ4n) is 4.60. The molecule has 0 saturated carbocycles. The van der Waals surface area contributed by atoms with Crippen LogP contribution in [0.15, 0.2) is 107 Å². The number of benzene rings is 3. The van der Waals surface area contributed by atoms with Crippen molar-refractivity contribution in [1.82, 2.24) is 24.4 Å². The van der Waals surface area contributed by atoms with Crippen molar-refractivity contribution < 1.29 is 14.7 Å². The Balaban J connectivity index is 1.23. The number of pyridine rings is 1. The predicted molar refractivity (Wildman–Crippen MR) is 155 cm³/mol. The summed E-state index contributed by atoms with van der Waals surface area (Å²) in [6.45, 7) is -0.126. The van der Waals surface area contributed by atoms with Gasteiger partial charge in [-0.25, -0.2) is 14.3 Å². The highest BCUT2D eigenvalue weighted by Crippen LogP contribution is 2.39. The molecule has 6 aromatic rings.